The third kappa shape index (κ3) is 4.70. The first-order valence-corrected chi connectivity index (χ1v) is 7.32. The summed E-state index contributed by atoms with van der Waals surface area (Å²) < 4.78 is 42.3. The molecule has 2 amide bonds. The number of carbonyl (C=O) groups is 2. The van der Waals surface area contributed by atoms with Gasteiger partial charge in [-0.05, 0) is 19.8 Å². The number of hydrogen-bond donors (Lipinski definition) is 1. The van der Waals surface area contributed by atoms with Crippen LogP contribution in [0.25, 0.3) is 0 Å². The summed E-state index contributed by atoms with van der Waals surface area (Å²) in [6, 6.07) is 0. The molecule has 0 spiro atoms. The number of carbonyl (C=O) groups excluding carboxylic acids is 2. The van der Waals surface area contributed by atoms with Gasteiger partial charge in [0, 0.05) is 32.0 Å². The fourth-order valence-electron chi connectivity index (χ4n) is 2.48. The number of amides is 2. The summed E-state index contributed by atoms with van der Waals surface area (Å²) in [4.78, 5) is 27.8. The number of alkyl halides is 3. The van der Waals surface area contributed by atoms with E-state index in [1.165, 1.54) is 0 Å². The van der Waals surface area contributed by atoms with Crippen molar-refractivity contribution in [1.29, 1.82) is 0 Å². The van der Waals surface area contributed by atoms with Crippen LogP contribution in [0, 0.1) is 12.8 Å². The molecule has 0 radical (unpaired) electrons. The average Bonchev–Trinajstić information content (AvgIpc) is 2.91. The van der Waals surface area contributed by atoms with E-state index in [0.717, 1.165) is 4.90 Å². The maximum absolute atomic E-state index is 12.3. The van der Waals surface area contributed by atoms with Gasteiger partial charge >= 0.3 is 12.1 Å². The van der Waals surface area contributed by atoms with Crippen LogP contribution >= 0.6 is 0 Å². The quantitative estimate of drug-likeness (QED) is 0.905. The smallest absolute Gasteiger partial charge is 0.446 e. The Balaban J connectivity index is 1.72. The van der Waals surface area contributed by atoms with Crippen molar-refractivity contribution in [2.24, 2.45) is 5.92 Å². The standard InChI is InChI=1S/C14H18F3N3O3/c1-9-8-19-11(23-9)2-5-18-12(21)10-3-6-20(7-4-10)13(22)14(15,16)17/h8,10H,2-7H2,1H3,(H,18,21). The van der Waals surface area contributed by atoms with Gasteiger partial charge in [-0.2, -0.15) is 13.2 Å². The Bertz CT molecular complexity index is 563. The third-order valence-corrected chi connectivity index (χ3v) is 3.70. The molecule has 0 aromatic carbocycles. The van der Waals surface area contributed by atoms with Crippen LogP contribution in [0.4, 0.5) is 13.2 Å². The summed E-state index contributed by atoms with van der Waals surface area (Å²) in [5, 5.41) is 2.72. The first-order valence-electron chi connectivity index (χ1n) is 7.32. The number of piperidine rings is 1. The Hall–Kier alpha value is -2.06. The second-order valence-electron chi connectivity index (χ2n) is 5.47. The molecule has 128 valence electrons. The van der Waals surface area contributed by atoms with Crippen molar-refractivity contribution in [3.05, 3.63) is 17.8 Å². The lowest BCUT2D eigenvalue weighted by Gasteiger charge is -2.31. The van der Waals surface area contributed by atoms with Gasteiger partial charge in [0.25, 0.3) is 0 Å². The molecule has 1 N–H and O–H groups in total. The molecule has 2 heterocycles. The van der Waals surface area contributed by atoms with Crippen LogP contribution in [0.15, 0.2) is 10.6 Å². The Morgan fingerprint density at radius 3 is 2.57 bits per heavy atom. The molecule has 0 bridgehead atoms. The van der Waals surface area contributed by atoms with E-state index >= 15 is 0 Å². The lowest BCUT2D eigenvalue weighted by atomic mass is 9.96. The van der Waals surface area contributed by atoms with E-state index in [-0.39, 0.29) is 37.8 Å². The van der Waals surface area contributed by atoms with E-state index in [1.807, 2.05) is 0 Å². The Kier molecular flexibility index (Phi) is 5.27. The highest BCUT2D eigenvalue weighted by Gasteiger charge is 2.43. The van der Waals surface area contributed by atoms with Crippen molar-refractivity contribution >= 4 is 11.8 Å². The highest BCUT2D eigenvalue weighted by molar-refractivity contribution is 5.83. The minimum absolute atomic E-state index is 0.0602. The van der Waals surface area contributed by atoms with Gasteiger partial charge in [0.05, 0.1) is 6.20 Å². The second-order valence-corrected chi connectivity index (χ2v) is 5.47. The van der Waals surface area contributed by atoms with Gasteiger partial charge in [0.15, 0.2) is 5.89 Å². The number of halogens is 3. The average molecular weight is 333 g/mol. The maximum atomic E-state index is 12.3. The van der Waals surface area contributed by atoms with Gasteiger partial charge in [-0.1, -0.05) is 0 Å². The van der Waals surface area contributed by atoms with Crippen LogP contribution in [0.5, 0.6) is 0 Å². The largest absolute Gasteiger partial charge is 0.471 e. The first-order chi connectivity index (χ1) is 10.8. The zero-order chi connectivity index (χ0) is 17.0. The van der Waals surface area contributed by atoms with Gasteiger partial charge in [0.2, 0.25) is 5.91 Å². The van der Waals surface area contributed by atoms with Crippen LogP contribution in [0.3, 0.4) is 0 Å². The molecular formula is C14H18F3N3O3. The SMILES string of the molecule is Cc1cnc(CCNC(=O)C2CCN(C(=O)C(F)(F)F)CC2)o1. The molecular weight excluding hydrogens is 315 g/mol. The molecule has 1 aliphatic rings. The molecule has 2 rings (SSSR count). The van der Waals surface area contributed by atoms with Crippen molar-refractivity contribution in [1.82, 2.24) is 15.2 Å². The van der Waals surface area contributed by atoms with E-state index in [0.29, 0.717) is 24.6 Å². The lowest BCUT2D eigenvalue weighted by Crippen LogP contribution is -2.47. The van der Waals surface area contributed by atoms with Crippen LogP contribution < -0.4 is 5.32 Å². The molecule has 1 aromatic heterocycles. The zero-order valence-corrected chi connectivity index (χ0v) is 12.7. The number of likely N-dealkylation sites (tertiary alicyclic amines) is 1. The van der Waals surface area contributed by atoms with Crippen molar-refractivity contribution in [3.8, 4) is 0 Å². The van der Waals surface area contributed by atoms with Crippen molar-refractivity contribution in [2.45, 2.75) is 32.4 Å². The first kappa shape index (κ1) is 17.3. The van der Waals surface area contributed by atoms with Gasteiger partial charge in [0.1, 0.15) is 5.76 Å². The molecule has 0 aliphatic carbocycles. The highest BCUT2D eigenvalue weighted by Crippen LogP contribution is 2.23. The summed E-state index contributed by atoms with van der Waals surface area (Å²) in [7, 11) is 0. The minimum atomic E-state index is -4.86. The topological polar surface area (TPSA) is 75.4 Å². The van der Waals surface area contributed by atoms with Crippen LogP contribution in [-0.2, 0) is 16.0 Å². The number of oxazole rings is 1. The molecule has 9 heteroatoms. The molecule has 1 aromatic rings. The van der Waals surface area contributed by atoms with E-state index in [2.05, 4.69) is 10.3 Å². The van der Waals surface area contributed by atoms with Gasteiger partial charge in [-0.15, -0.1) is 0 Å². The number of rotatable bonds is 4. The van der Waals surface area contributed by atoms with E-state index in [9.17, 15) is 22.8 Å². The summed E-state index contributed by atoms with van der Waals surface area (Å²) >= 11 is 0. The summed E-state index contributed by atoms with van der Waals surface area (Å²) in [5.74, 6) is -1.22. The fourth-order valence-corrected chi connectivity index (χ4v) is 2.48. The maximum Gasteiger partial charge on any atom is 0.471 e. The summed E-state index contributed by atoms with van der Waals surface area (Å²) in [5.41, 5.74) is 0. The van der Waals surface area contributed by atoms with Gasteiger partial charge < -0.3 is 14.6 Å². The number of nitrogens with one attached hydrogen (secondary N) is 1. The molecule has 1 fully saturated rings. The van der Waals surface area contributed by atoms with E-state index in [1.54, 1.807) is 13.1 Å². The third-order valence-electron chi connectivity index (χ3n) is 3.70. The lowest BCUT2D eigenvalue weighted by molar-refractivity contribution is -0.186. The molecule has 1 aliphatic heterocycles. The zero-order valence-electron chi connectivity index (χ0n) is 12.7. The van der Waals surface area contributed by atoms with Crippen LogP contribution in [-0.4, -0.2) is 47.5 Å². The predicted octanol–water partition coefficient (Wildman–Crippen LogP) is 1.44. The van der Waals surface area contributed by atoms with Gasteiger partial charge in [-0.3, -0.25) is 9.59 Å². The van der Waals surface area contributed by atoms with Crippen molar-refractivity contribution in [2.75, 3.05) is 19.6 Å². The van der Waals surface area contributed by atoms with Crippen molar-refractivity contribution < 1.29 is 27.2 Å². The molecule has 6 nitrogen and oxygen atoms in total. The van der Waals surface area contributed by atoms with E-state index < -0.39 is 12.1 Å². The number of aromatic nitrogens is 1. The Labute approximate surface area is 131 Å². The predicted molar refractivity (Wildman–Crippen MR) is 73.3 cm³/mol. The Morgan fingerprint density at radius 2 is 2.04 bits per heavy atom. The van der Waals surface area contributed by atoms with Crippen LogP contribution in [0.2, 0.25) is 0 Å². The number of nitrogens with zero attached hydrogens (tertiary/aromatic N) is 2. The second kappa shape index (κ2) is 7.01. The molecule has 23 heavy (non-hydrogen) atoms. The number of aryl methyl sites for hydroxylation is 1. The van der Waals surface area contributed by atoms with Crippen molar-refractivity contribution in [3.63, 3.8) is 0 Å². The minimum Gasteiger partial charge on any atom is -0.446 e. The van der Waals surface area contributed by atoms with Crippen LogP contribution in [0.1, 0.15) is 24.5 Å². The Morgan fingerprint density at radius 1 is 1.39 bits per heavy atom. The monoisotopic (exact) mass is 333 g/mol. The highest BCUT2D eigenvalue weighted by atomic mass is 19.4. The van der Waals surface area contributed by atoms with E-state index in [4.69, 9.17) is 4.42 Å². The summed E-state index contributed by atoms with van der Waals surface area (Å²) in [6.45, 7) is 2.00. The number of hydrogen-bond acceptors (Lipinski definition) is 4. The molecule has 1 saturated heterocycles. The normalized spacial score (nSPS) is 16.4. The molecule has 0 unspecified atom stereocenters. The molecule has 0 atom stereocenters. The summed E-state index contributed by atoms with van der Waals surface area (Å²) in [6.07, 6.45) is -2.36. The fraction of sp³-hybridized carbons (Fsp3) is 0.643. The molecule has 0 saturated carbocycles. The van der Waals surface area contributed by atoms with Gasteiger partial charge in [-0.25, -0.2) is 4.98 Å².